The third-order valence-electron chi connectivity index (χ3n) is 5.95. The summed E-state index contributed by atoms with van der Waals surface area (Å²) in [5.74, 6) is 0.550. The maximum absolute atomic E-state index is 12.8. The predicted molar refractivity (Wildman–Crippen MR) is 124 cm³/mol. The van der Waals surface area contributed by atoms with Crippen LogP contribution in [0.5, 0.6) is 0 Å². The predicted octanol–water partition coefficient (Wildman–Crippen LogP) is 4.52. The van der Waals surface area contributed by atoms with E-state index in [1.165, 1.54) is 12.1 Å². The average molecular weight is 431 g/mol. The van der Waals surface area contributed by atoms with Crippen molar-refractivity contribution in [2.45, 2.75) is 26.7 Å². The van der Waals surface area contributed by atoms with Crippen LogP contribution in [0.25, 0.3) is 11.3 Å². The van der Waals surface area contributed by atoms with Crippen molar-refractivity contribution in [1.29, 1.82) is 0 Å². The molecule has 2 heterocycles. The lowest BCUT2D eigenvalue weighted by atomic mass is 9.95. The highest BCUT2D eigenvalue weighted by Gasteiger charge is 2.26. The molecule has 0 atom stereocenters. The van der Waals surface area contributed by atoms with E-state index in [0.717, 1.165) is 28.2 Å². The van der Waals surface area contributed by atoms with Gasteiger partial charge in [-0.2, -0.15) is 0 Å². The van der Waals surface area contributed by atoms with Gasteiger partial charge in [0.2, 0.25) is 5.91 Å². The molecule has 1 amide bonds. The number of hydrogen-bond donors (Lipinski definition) is 1. The number of rotatable bonds is 5. The van der Waals surface area contributed by atoms with E-state index in [1.54, 1.807) is 6.07 Å². The first-order chi connectivity index (χ1) is 15.4. The van der Waals surface area contributed by atoms with Gasteiger partial charge in [-0.1, -0.05) is 30.3 Å². The Morgan fingerprint density at radius 2 is 1.78 bits per heavy atom. The molecule has 2 aromatic carbocycles. The Hall–Kier alpha value is -3.81. The molecular weight excluding hydrogens is 406 g/mol. The van der Waals surface area contributed by atoms with Crippen molar-refractivity contribution in [3.8, 4) is 11.3 Å². The third kappa shape index (κ3) is 4.59. The van der Waals surface area contributed by atoms with E-state index in [4.69, 9.17) is 0 Å². The number of aryl methyl sites for hydroxylation is 2. The molecule has 0 spiro atoms. The molecule has 0 saturated carbocycles. The van der Waals surface area contributed by atoms with Crippen molar-refractivity contribution < 1.29 is 9.72 Å². The number of amides is 1. The summed E-state index contributed by atoms with van der Waals surface area (Å²) in [5.41, 5.74) is 4.32. The largest absolute Gasteiger partial charge is 0.355 e. The molecule has 1 aliphatic heterocycles. The van der Waals surface area contributed by atoms with Crippen molar-refractivity contribution >= 4 is 23.1 Å². The minimum absolute atomic E-state index is 0.0339. The van der Waals surface area contributed by atoms with Gasteiger partial charge in [-0.15, -0.1) is 10.2 Å². The molecule has 32 heavy (non-hydrogen) atoms. The molecule has 8 heteroatoms. The quantitative estimate of drug-likeness (QED) is 0.471. The molecule has 0 unspecified atom stereocenters. The first-order valence-corrected chi connectivity index (χ1v) is 10.6. The molecule has 3 aromatic rings. The van der Waals surface area contributed by atoms with Crippen LogP contribution in [-0.4, -0.2) is 34.1 Å². The smallest absolute Gasteiger partial charge is 0.271 e. The summed E-state index contributed by atoms with van der Waals surface area (Å²) in [4.78, 5) is 25.4. The van der Waals surface area contributed by atoms with Crippen molar-refractivity contribution in [1.82, 2.24) is 10.2 Å². The zero-order chi connectivity index (χ0) is 22.7. The number of non-ortho nitro benzene ring substituents is 1. The Labute approximate surface area is 186 Å². The molecular formula is C24H25N5O3. The number of anilines is 2. The van der Waals surface area contributed by atoms with Gasteiger partial charge in [-0.3, -0.25) is 14.9 Å². The summed E-state index contributed by atoms with van der Waals surface area (Å²) in [6.45, 7) is 5.27. The van der Waals surface area contributed by atoms with Crippen LogP contribution in [0.1, 0.15) is 24.0 Å². The molecule has 0 aliphatic carbocycles. The van der Waals surface area contributed by atoms with Crippen LogP contribution < -0.4 is 10.2 Å². The molecule has 164 valence electrons. The number of carbonyl (C=O) groups excluding carboxylic acids is 1. The van der Waals surface area contributed by atoms with Crippen LogP contribution in [0.4, 0.5) is 17.2 Å². The van der Waals surface area contributed by atoms with E-state index in [1.807, 2.05) is 37.3 Å². The maximum Gasteiger partial charge on any atom is 0.271 e. The molecule has 1 saturated heterocycles. The van der Waals surface area contributed by atoms with Gasteiger partial charge in [0.05, 0.1) is 16.3 Å². The molecule has 8 nitrogen and oxygen atoms in total. The highest BCUT2D eigenvalue weighted by Crippen LogP contribution is 2.27. The Morgan fingerprint density at radius 1 is 1.03 bits per heavy atom. The van der Waals surface area contributed by atoms with Gasteiger partial charge in [0.25, 0.3) is 5.69 Å². The first-order valence-electron chi connectivity index (χ1n) is 10.6. The monoisotopic (exact) mass is 431 g/mol. The van der Waals surface area contributed by atoms with Crippen LogP contribution in [-0.2, 0) is 4.79 Å². The second-order valence-corrected chi connectivity index (χ2v) is 8.10. The Kier molecular flexibility index (Phi) is 6.11. The SMILES string of the molecule is Cc1ccc([N+](=O)[O-])cc1NC(=O)C1CCN(c2ccc(-c3ccccc3C)nn2)CC1. The molecule has 1 fully saturated rings. The van der Waals surface area contributed by atoms with Gasteiger partial charge in [0.1, 0.15) is 0 Å². The molecule has 1 aliphatic rings. The number of nitro groups is 1. The minimum Gasteiger partial charge on any atom is -0.355 e. The maximum atomic E-state index is 12.8. The Morgan fingerprint density at radius 3 is 2.44 bits per heavy atom. The summed E-state index contributed by atoms with van der Waals surface area (Å²) in [5, 5.41) is 22.7. The number of piperidine rings is 1. The van der Waals surface area contributed by atoms with Gasteiger partial charge < -0.3 is 10.2 Å². The number of nitrogens with zero attached hydrogens (tertiary/aromatic N) is 4. The zero-order valence-electron chi connectivity index (χ0n) is 18.1. The van der Waals surface area contributed by atoms with Crippen molar-refractivity contribution in [3.05, 3.63) is 75.8 Å². The summed E-state index contributed by atoms with van der Waals surface area (Å²) in [6.07, 6.45) is 1.36. The number of aromatic nitrogens is 2. The van der Waals surface area contributed by atoms with Gasteiger partial charge in [-0.05, 0) is 49.9 Å². The lowest BCUT2D eigenvalue weighted by Crippen LogP contribution is -2.38. The van der Waals surface area contributed by atoms with Crippen LogP contribution in [0, 0.1) is 29.9 Å². The van der Waals surface area contributed by atoms with E-state index >= 15 is 0 Å². The minimum atomic E-state index is -0.459. The molecule has 0 radical (unpaired) electrons. The van der Waals surface area contributed by atoms with Crippen LogP contribution in [0.2, 0.25) is 0 Å². The van der Waals surface area contributed by atoms with E-state index in [0.29, 0.717) is 31.6 Å². The number of hydrogen-bond acceptors (Lipinski definition) is 6. The van der Waals surface area contributed by atoms with Crippen LogP contribution >= 0.6 is 0 Å². The highest BCUT2D eigenvalue weighted by molar-refractivity contribution is 5.93. The highest BCUT2D eigenvalue weighted by atomic mass is 16.6. The van der Waals surface area contributed by atoms with Crippen molar-refractivity contribution in [3.63, 3.8) is 0 Å². The zero-order valence-corrected chi connectivity index (χ0v) is 18.1. The van der Waals surface area contributed by atoms with E-state index in [-0.39, 0.29) is 17.5 Å². The summed E-state index contributed by atoms with van der Waals surface area (Å²) < 4.78 is 0. The summed E-state index contributed by atoms with van der Waals surface area (Å²) in [6, 6.07) is 16.5. The fourth-order valence-electron chi connectivity index (χ4n) is 3.96. The van der Waals surface area contributed by atoms with E-state index < -0.39 is 4.92 Å². The van der Waals surface area contributed by atoms with E-state index in [2.05, 4.69) is 33.4 Å². The molecule has 0 bridgehead atoms. The lowest BCUT2D eigenvalue weighted by Gasteiger charge is -2.32. The van der Waals surface area contributed by atoms with E-state index in [9.17, 15) is 14.9 Å². The summed E-state index contributed by atoms with van der Waals surface area (Å²) in [7, 11) is 0. The number of carbonyl (C=O) groups is 1. The second kappa shape index (κ2) is 9.13. The molecule has 4 rings (SSSR count). The fraction of sp³-hybridized carbons (Fsp3) is 0.292. The molecule has 1 aromatic heterocycles. The Balaban J connectivity index is 1.37. The second-order valence-electron chi connectivity index (χ2n) is 8.10. The summed E-state index contributed by atoms with van der Waals surface area (Å²) >= 11 is 0. The molecule has 1 N–H and O–H groups in total. The average Bonchev–Trinajstić information content (AvgIpc) is 2.81. The third-order valence-corrected chi connectivity index (χ3v) is 5.95. The number of nitrogens with one attached hydrogen (secondary N) is 1. The van der Waals surface area contributed by atoms with Crippen LogP contribution in [0.3, 0.4) is 0 Å². The number of nitro benzene ring substituents is 1. The van der Waals surface area contributed by atoms with Gasteiger partial charge in [-0.25, -0.2) is 0 Å². The van der Waals surface area contributed by atoms with Crippen LogP contribution in [0.15, 0.2) is 54.6 Å². The topological polar surface area (TPSA) is 101 Å². The van der Waals surface area contributed by atoms with Crippen molar-refractivity contribution in [2.24, 2.45) is 5.92 Å². The normalized spacial score (nSPS) is 14.2. The van der Waals surface area contributed by atoms with Crippen molar-refractivity contribution in [2.75, 3.05) is 23.3 Å². The Bertz CT molecular complexity index is 1140. The fourth-order valence-corrected chi connectivity index (χ4v) is 3.96. The standard InChI is InChI=1S/C24H25N5O3/c1-16-5-3-4-6-20(16)21-9-10-23(27-26-21)28-13-11-18(12-14-28)24(30)25-22-15-19(29(31)32)8-7-17(22)2/h3-10,15,18H,11-14H2,1-2H3,(H,25,30). The van der Waals surface area contributed by atoms with Gasteiger partial charge in [0, 0.05) is 36.7 Å². The van der Waals surface area contributed by atoms with Gasteiger partial charge >= 0.3 is 0 Å². The lowest BCUT2D eigenvalue weighted by molar-refractivity contribution is -0.384. The first kappa shape index (κ1) is 21.4. The van der Waals surface area contributed by atoms with Gasteiger partial charge in [0.15, 0.2) is 5.82 Å². The number of benzene rings is 2.